The van der Waals surface area contributed by atoms with Crippen molar-refractivity contribution in [3.05, 3.63) is 28.2 Å². The molecule has 0 radical (unpaired) electrons. The summed E-state index contributed by atoms with van der Waals surface area (Å²) in [4.78, 5) is 35.0. The van der Waals surface area contributed by atoms with Crippen molar-refractivity contribution in [3.63, 3.8) is 0 Å². The number of nitrogens with one attached hydrogen (secondary N) is 2. The molecule has 0 aromatic heterocycles. The largest absolute Gasteiger partial charge is 0.497 e. The van der Waals surface area contributed by atoms with Gasteiger partial charge in [-0.2, -0.15) is 0 Å². The summed E-state index contributed by atoms with van der Waals surface area (Å²) in [6, 6.07) is 4.15. The number of carbonyl (C=O) groups excluding carboxylic acids is 3. The van der Waals surface area contributed by atoms with Crippen LogP contribution in [0.25, 0.3) is 0 Å². The van der Waals surface area contributed by atoms with Gasteiger partial charge in [-0.05, 0) is 48.0 Å². The summed E-state index contributed by atoms with van der Waals surface area (Å²) in [6.07, 6.45) is -1.12. The van der Waals surface area contributed by atoms with E-state index >= 15 is 0 Å². The normalized spacial score (nSPS) is 11.3. The van der Waals surface area contributed by atoms with Crippen molar-refractivity contribution in [3.8, 4) is 5.75 Å². The van der Waals surface area contributed by atoms with E-state index in [-0.39, 0.29) is 5.56 Å². The van der Waals surface area contributed by atoms with Gasteiger partial charge in [-0.25, -0.2) is 9.59 Å². The molecule has 2 N–H and O–H groups in total. The lowest BCUT2D eigenvalue weighted by atomic mass is 10.2. The highest BCUT2D eigenvalue weighted by Gasteiger charge is 2.22. The topological polar surface area (TPSA) is 93.7 Å². The second-order valence-electron chi connectivity index (χ2n) is 4.24. The van der Waals surface area contributed by atoms with Gasteiger partial charge >= 0.3 is 12.0 Å². The Bertz CT molecular complexity index is 576. The van der Waals surface area contributed by atoms with Gasteiger partial charge in [0.2, 0.25) is 0 Å². The lowest BCUT2D eigenvalue weighted by Crippen LogP contribution is -2.44. The second kappa shape index (κ2) is 8.38. The summed E-state index contributed by atoms with van der Waals surface area (Å²) in [5.41, 5.74) is 0.219. The SMILES string of the molecule is CCNC(=O)NC(=O)[C@@H](C)OC(=O)c1cc(OC)ccc1Br. The third kappa shape index (κ3) is 5.03. The van der Waals surface area contributed by atoms with Crippen LogP contribution in [0.3, 0.4) is 0 Å². The first-order valence-corrected chi connectivity index (χ1v) is 7.31. The molecule has 1 aromatic carbocycles. The quantitative estimate of drug-likeness (QED) is 0.769. The van der Waals surface area contributed by atoms with Gasteiger partial charge < -0.3 is 14.8 Å². The molecule has 7 nitrogen and oxygen atoms in total. The Morgan fingerprint density at radius 1 is 1.32 bits per heavy atom. The van der Waals surface area contributed by atoms with E-state index in [1.807, 2.05) is 0 Å². The Morgan fingerprint density at radius 3 is 2.59 bits per heavy atom. The second-order valence-corrected chi connectivity index (χ2v) is 5.10. The Balaban J connectivity index is 2.71. The number of imide groups is 1. The number of rotatable bonds is 5. The molecule has 0 aliphatic rings. The van der Waals surface area contributed by atoms with Crippen LogP contribution in [0.5, 0.6) is 5.75 Å². The smallest absolute Gasteiger partial charge is 0.340 e. The van der Waals surface area contributed by atoms with Crippen LogP contribution in [0.2, 0.25) is 0 Å². The van der Waals surface area contributed by atoms with Crippen LogP contribution in [-0.2, 0) is 9.53 Å². The van der Waals surface area contributed by atoms with Gasteiger partial charge in [0.15, 0.2) is 6.10 Å². The molecular formula is C14H17BrN2O5. The van der Waals surface area contributed by atoms with E-state index in [2.05, 4.69) is 26.6 Å². The fourth-order valence-electron chi connectivity index (χ4n) is 1.48. The van der Waals surface area contributed by atoms with Crippen LogP contribution in [0, 0.1) is 0 Å². The van der Waals surface area contributed by atoms with E-state index in [0.29, 0.717) is 16.8 Å². The number of benzene rings is 1. The fourth-order valence-corrected chi connectivity index (χ4v) is 1.89. The van der Waals surface area contributed by atoms with E-state index in [0.717, 1.165) is 0 Å². The Labute approximate surface area is 136 Å². The molecule has 1 aromatic rings. The number of hydrogen-bond acceptors (Lipinski definition) is 5. The molecular weight excluding hydrogens is 356 g/mol. The maximum absolute atomic E-state index is 12.1. The standard InChI is InChI=1S/C14H17BrN2O5/c1-4-16-14(20)17-12(18)8(2)22-13(19)10-7-9(21-3)5-6-11(10)15/h5-8H,4H2,1-3H3,(H2,16,17,18,20)/t8-/m1/s1. The van der Waals surface area contributed by atoms with Gasteiger partial charge in [-0.1, -0.05) is 0 Å². The minimum Gasteiger partial charge on any atom is -0.497 e. The maximum atomic E-state index is 12.1. The Kier molecular flexibility index (Phi) is 6.84. The Morgan fingerprint density at radius 2 is 2.00 bits per heavy atom. The summed E-state index contributed by atoms with van der Waals surface area (Å²) in [7, 11) is 1.47. The molecule has 1 atom stereocenters. The van der Waals surface area contributed by atoms with E-state index in [4.69, 9.17) is 9.47 Å². The average molecular weight is 373 g/mol. The molecule has 1 rings (SSSR count). The number of carbonyl (C=O) groups is 3. The first-order chi connectivity index (χ1) is 10.4. The zero-order valence-corrected chi connectivity index (χ0v) is 14.0. The predicted octanol–water partition coefficient (Wildman–Crippen LogP) is 1.85. The van der Waals surface area contributed by atoms with Gasteiger partial charge in [0.1, 0.15) is 5.75 Å². The number of urea groups is 1. The van der Waals surface area contributed by atoms with E-state index in [1.165, 1.54) is 20.1 Å². The van der Waals surface area contributed by atoms with Crippen LogP contribution in [0.15, 0.2) is 22.7 Å². The van der Waals surface area contributed by atoms with Crippen LogP contribution < -0.4 is 15.4 Å². The minimum atomic E-state index is -1.12. The van der Waals surface area contributed by atoms with Gasteiger partial charge in [0.25, 0.3) is 5.91 Å². The molecule has 22 heavy (non-hydrogen) atoms. The van der Waals surface area contributed by atoms with Crippen molar-refractivity contribution in [1.82, 2.24) is 10.6 Å². The number of ether oxygens (including phenoxy) is 2. The first-order valence-electron chi connectivity index (χ1n) is 6.52. The summed E-state index contributed by atoms with van der Waals surface area (Å²) >= 11 is 3.23. The number of esters is 1. The summed E-state index contributed by atoms with van der Waals surface area (Å²) in [5.74, 6) is -0.933. The number of methoxy groups -OCH3 is 1. The monoisotopic (exact) mass is 372 g/mol. The third-order valence-corrected chi connectivity index (χ3v) is 3.31. The van der Waals surface area contributed by atoms with Crippen molar-refractivity contribution in [2.24, 2.45) is 0 Å². The predicted molar refractivity (Wildman–Crippen MR) is 82.8 cm³/mol. The number of amides is 3. The molecule has 0 spiro atoms. The summed E-state index contributed by atoms with van der Waals surface area (Å²) in [6.45, 7) is 3.47. The Hall–Kier alpha value is -2.09. The van der Waals surface area contributed by atoms with Gasteiger partial charge in [-0.3, -0.25) is 10.1 Å². The highest BCUT2D eigenvalue weighted by Crippen LogP contribution is 2.23. The molecule has 0 fully saturated rings. The molecule has 0 saturated heterocycles. The molecule has 0 heterocycles. The fraction of sp³-hybridized carbons (Fsp3) is 0.357. The zero-order valence-electron chi connectivity index (χ0n) is 12.4. The molecule has 0 saturated carbocycles. The van der Waals surface area contributed by atoms with E-state index < -0.39 is 24.0 Å². The summed E-state index contributed by atoms with van der Waals surface area (Å²) in [5, 5.41) is 4.48. The maximum Gasteiger partial charge on any atom is 0.340 e. The van der Waals surface area contributed by atoms with Crippen molar-refractivity contribution >= 4 is 33.8 Å². The lowest BCUT2D eigenvalue weighted by molar-refractivity contribution is -0.127. The van der Waals surface area contributed by atoms with Crippen molar-refractivity contribution in [2.75, 3.05) is 13.7 Å². The first kappa shape index (κ1) is 18.0. The molecule has 120 valence electrons. The van der Waals surface area contributed by atoms with Crippen LogP contribution >= 0.6 is 15.9 Å². The lowest BCUT2D eigenvalue weighted by Gasteiger charge is -2.14. The highest BCUT2D eigenvalue weighted by molar-refractivity contribution is 9.10. The van der Waals surface area contributed by atoms with Crippen molar-refractivity contribution in [1.29, 1.82) is 0 Å². The van der Waals surface area contributed by atoms with Gasteiger partial charge in [-0.15, -0.1) is 0 Å². The van der Waals surface area contributed by atoms with E-state index in [1.54, 1.807) is 19.1 Å². The molecule has 0 unspecified atom stereocenters. The van der Waals surface area contributed by atoms with Gasteiger partial charge in [0, 0.05) is 11.0 Å². The summed E-state index contributed by atoms with van der Waals surface area (Å²) < 4.78 is 10.6. The van der Waals surface area contributed by atoms with Crippen LogP contribution in [0.4, 0.5) is 4.79 Å². The number of halogens is 1. The van der Waals surface area contributed by atoms with E-state index in [9.17, 15) is 14.4 Å². The minimum absolute atomic E-state index is 0.219. The molecule has 3 amide bonds. The molecule has 0 bridgehead atoms. The van der Waals surface area contributed by atoms with Crippen molar-refractivity contribution < 1.29 is 23.9 Å². The molecule has 0 aliphatic carbocycles. The molecule has 0 aliphatic heterocycles. The third-order valence-electron chi connectivity index (χ3n) is 2.62. The van der Waals surface area contributed by atoms with Crippen LogP contribution in [0.1, 0.15) is 24.2 Å². The number of hydrogen-bond donors (Lipinski definition) is 2. The molecule has 8 heteroatoms. The van der Waals surface area contributed by atoms with Gasteiger partial charge in [0.05, 0.1) is 12.7 Å². The highest BCUT2D eigenvalue weighted by atomic mass is 79.9. The zero-order chi connectivity index (χ0) is 16.7. The van der Waals surface area contributed by atoms with Crippen molar-refractivity contribution in [2.45, 2.75) is 20.0 Å². The average Bonchev–Trinajstić information content (AvgIpc) is 2.47. The van der Waals surface area contributed by atoms with Crippen LogP contribution in [-0.4, -0.2) is 37.7 Å².